The molecule has 102 valence electrons. The van der Waals surface area contributed by atoms with Gasteiger partial charge in [-0.25, -0.2) is 0 Å². The maximum Gasteiger partial charge on any atom is 0.103 e. The Kier molecular flexibility index (Phi) is 6.96. The van der Waals surface area contributed by atoms with Crippen molar-refractivity contribution >= 4 is 5.71 Å². The van der Waals surface area contributed by atoms with Crippen molar-refractivity contribution in [2.24, 2.45) is 10.9 Å². The highest BCUT2D eigenvalue weighted by Crippen LogP contribution is 2.29. The highest BCUT2D eigenvalue weighted by atomic mass is 16.5. The fraction of sp³-hybridized carbons (Fsp3) is 0.688. The van der Waals surface area contributed by atoms with Crippen molar-refractivity contribution < 1.29 is 4.74 Å². The molecule has 1 unspecified atom stereocenters. The quantitative estimate of drug-likeness (QED) is 0.634. The van der Waals surface area contributed by atoms with Gasteiger partial charge in [-0.05, 0) is 45.6 Å². The van der Waals surface area contributed by atoms with E-state index in [1.807, 2.05) is 25.3 Å². The van der Waals surface area contributed by atoms with Crippen molar-refractivity contribution in [2.45, 2.75) is 65.1 Å². The molecule has 1 rings (SSSR count). The van der Waals surface area contributed by atoms with Crippen LogP contribution in [0.3, 0.4) is 0 Å². The van der Waals surface area contributed by atoms with Crippen LogP contribution in [-0.4, -0.2) is 17.9 Å². The van der Waals surface area contributed by atoms with E-state index in [4.69, 9.17) is 4.74 Å². The Morgan fingerprint density at radius 1 is 1.28 bits per heavy atom. The highest BCUT2D eigenvalue weighted by Gasteiger charge is 2.27. The van der Waals surface area contributed by atoms with Gasteiger partial charge in [0.15, 0.2) is 0 Å². The first-order valence-corrected chi connectivity index (χ1v) is 7.15. The molecule has 0 saturated heterocycles. The summed E-state index contributed by atoms with van der Waals surface area (Å²) in [6, 6.07) is 0. The third-order valence-corrected chi connectivity index (χ3v) is 3.37. The largest absolute Gasteiger partial charge is 0.369 e. The van der Waals surface area contributed by atoms with Gasteiger partial charge in [0.25, 0.3) is 0 Å². The Morgan fingerprint density at radius 3 is 2.44 bits per heavy atom. The van der Waals surface area contributed by atoms with Gasteiger partial charge in [0.2, 0.25) is 0 Å². The molecule has 0 spiro atoms. The molecular formula is C16H27NO. The van der Waals surface area contributed by atoms with E-state index in [2.05, 4.69) is 25.4 Å². The van der Waals surface area contributed by atoms with Crippen LogP contribution in [0.4, 0.5) is 0 Å². The molecule has 0 aromatic rings. The van der Waals surface area contributed by atoms with E-state index < -0.39 is 0 Å². The first-order valence-electron chi connectivity index (χ1n) is 7.15. The van der Waals surface area contributed by atoms with Crippen molar-refractivity contribution in [2.75, 3.05) is 0 Å². The van der Waals surface area contributed by atoms with E-state index in [0.29, 0.717) is 5.92 Å². The SMILES string of the molecule is C=C/C(=N\C=C/C)C(OC(C)C)C1CCCCC1. The maximum atomic E-state index is 6.10. The minimum absolute atomic E-state index is 0.110. The van der Waals surface area contributed by atoms with Gasteiger partial charge in [0, 0.05) is 6.20 Å². The average molecular weight is 249 g/mol. The summed E-state index contributed by atoms with van der Waals surface area (Å²) in [4.78, 5) is 4.48. The van der Waals surface area contributed by atoms with Crippen LogP contribution in [0.1, 0.15) is 52.9 Å². The van der Waals surface area contributed by atoms with Gasteiger partial charge >= 0.3 is 0 Å². The Balaban J connectivity index is 2.83. The molecule has 0 aromatic carbocycles. The molecule has 0 bridgehead atoms. The zero-order valence-electron chi connectivity index (χ0n) is 12.1. The normalized spacial score (nSPS) is 20.6. The number of rotatable bonds is 6. The van der Waals surface area contributed by atoms with E-state index in [9.17, 15) is 0 Å². The third kappa shape index (κ3) is 4.77. The molecule has 0 heterocycles. The summed E-state index contributed by atoms with van der Waals surface area (Å²) < 4.78 is 6.10. The van der Waals surface area contributed by atoms with Crippen molar-refractivity contribution in [3.63, 3.8) is 0 Å². The Bertz CT molecular complexity index is 298. The van der Waals surface area contributed by atoms with Crippen LogP contribution in [0.25, 0.3) is 0 Å². The van der Waals surface area contributed by atoms with Gasteiger partial charge in [-0.3, -0.25) is 4.99 Å². The number of hydrogen-bond donors (Lipinski definition) is 0. The van der Waals surface area contributed by atoms with E-state index in [-0.39, 0.29) is 12.2 Å². The predicted molar refractivity (Wildman–Crippen MR) is 79.0 cm³/mol. The van der Waals surface area contributed by atoms with Gasteiger partial charge in [0.05, 0.1) is 11.8 Å². The molecule has 2 nitrogen and oxygen atoms in total. The summed E-state index contributed by atoms with van der Waals surface area (Å²) in [5.74, 6) is 0.600. The van der Waals surface area contributed by atoms with Crippen LogP contribution in [0.5, 0.6) is 0 Å². The fourth-order valence-corrected chi connectivity index (χ4v) is 2.56. The van der Waals surface area contributed by atoms with Gasteiger partial charge in [-0.1, -0.05) is 31.9 Å². The highest BCUT2D eigenvalue weighted by molar-refractivity contribution is 5.98. The molecule has 18 heavy (non-hydrogen) atoms. The van der Waals surface area contributed by atoms with Crippen molar-refractivity contribution in [3.05, 3.63) is 24.9 Å². The van der Waals surface area contributed by atoms with E-state index in [1.165, 1.54) is 32.1 Å². The van der Waals surface area contributed by atoms with Crippen LogP contribution < -0.4 is 0 Å². The molecule has 1 aliphatic carbocycles. The molecule has 0 aliphatic heterocycles. The summed E-state index contributed by atoms with van der Waals surface area (Å²) in [7, 11) is 0. The lowest BCUT2D eigenvalue weighted by molar-refractivity contribution is 0.00506. The van der Waals surface area contributed by atoms with E-state index >= 15 is 0 Å². The molecule has 1 atom stereocenters. The molecule has 1 aliphatic rings. The second-order valence-electron chi connectivity index (χ2n) is 5.24. The second-order valence-corrected chi connectivity index (χ2v) is 5.24. The van der Waals surface area contributed by atoms with Gasteiger partial charge in [-0.15, -0.1) is 0 Å². The van der Waals surface area contributed by atoms with Crippen molar-refractivity contribution in [3.8, 4) is 0 Å². The molecule has 0 radical (unpaired) electrons. The fourth-order valence-electron chi connectivity index (χ4n) is 2.56. The lowest BCUT2D eigenvalue weighted by Crippen LogP contribution is -2.35. The molecule has 0 aromatic heterocycles. The van der Waals surface area contributed by atoms with Crippen LogP contribution in [0, 0.1) is 5.92 Å². The second kappa shape index (κ2) is 8.25. The number of aliphatic imine (C=N–C) groups is 1. The van der Waals surface area contributed by atoms with Gasteiger partial charge in [0.1, 0.15) is 6.10 Å². The molecule has 0 amide bonds. The Labute approximate surface area is 112 Å². The molecular weight excluding hydrogens is 222 g/mol. The molecule has 1 saturated carbocycles. The maximum absolute atomic E-state index is 6.10. The van der Waals surface area contributed by atoms with Crippen LogP contribution in [0.15, 0.2) is 29.9 Å². The third-order valence-electron chi connectivity index (χ3n) is 3.37. The average Bonchev–Trinajstić information content (AvgIpc) is 2.39. The molecule has 1 fully saturated rings. The summed E-state index contributed by atoms with van der Waals surface area (Å²) in [6.45, 7) is 10.0. The predicted octanol–water partition coefficient (Wildman–Crippen LogP) is 4.52. The molecule has 0 N–H and O–H groups in total. The van der Waals surface area contributed by atoms with Crippen LogP contribution in [-0.2, 0) is 4.74 Å². The zero-order chi connectivity index (χ0) is 13.4. The van der Waals surface area contributed by atoms with Gasteiger partial charge in [-0.2, -0.15) is 0 Å². The number of ether oxygens (including phenoxy) is 1. The number of nitrogens with zero attached hydrogens (tertiary/aromatic N) is 1. The number of allylic oxidation sites excluding steroid dienone is 1. The Morgan fingerprint density at radius 2 is 1.94 bits per heavy atom. The summed E-state index contributed by atoms with van der Waals surface area (Å²) >= 11 is 0. The first-order chi connectivity index (χ1) is 8.69. The van der Waals surface area contributed by atoms with Crippen LogP contribution in [0.2, 0.25) is 0 Å². The zero-order valence-corrected chi connectivity index (χ0v) is 12.1. The summed E-state index contributed by atoms with van der Waals surface area (Å²) in [6.07, 6.45) is 12.5. The van der Waals surface area contributed by atoms with E-state index in [1.54, 1.807) is 0 Å². The number of hydrogen-bond acceptors (Lipinski definition) is 2. The monoisotopic (exact) mass is 249 g/mol. The summed E-state index contributed by atoms with van der Waals surface area (Å²) in [5.41, 5.74) is 0.980. The molecule has 2 heteroatoms. The van der Waals surface area contributed by atoms with Gasteiger partial charge < -0.3 is 4.74 Å². The Hall–Kier alpha value is -0.890. The smallest absolute Gasteiger partial charge is 0.103 e. The summed E-state index contributed by atoms with van der Waals surface area (Å²) in [5, 5.41) is 0. The minimum Gasteiger partial charge on any atom is -0.369 e. The standard InChI is InChI=1S/C16H27NO/c1-5-12-17-15(6-2)16(18-13(3)4)14-10-8-7-9-11-14/h5-6,12-14,16H,2,7-11H2,1,3-4H3/b12-5-,17-15+. The topological polar surface area (TPSA) is 21.6 Å². The van der Waals surface area contributed by atoms with Crippen molar-refractivity contribution in [1.82, 2.24) is 0 Å². The van der Waals surface area contributed by atoms with E-state index in [0.717, 1.165) is 5.71 Å². The lowest BCUT2D eigenvalue weighted by Gasteiger charge is -2.31. The first kappa shape index (κ1) is 15.2. The van der Waals surface area contributed by atoms with Crippen LogP contribution >= 0.6 is 0 Å². The minimum atomic E-state index is 0.110. The van der Waals surface area contributed by atoms with Crippen molar-refractivity contribution in [1.29, 1.82) is 0 Å². The lowest BCUT2D eigenvalue weighted by atomic mass is 9.83.